The highest BCUT2D eigenvalue weighted by atomic mass is 16.2. The number of hydrogen-bond donors (Lipinski definition) is 1. The van der Waals surface area contributed by atoms with Gasteiger partial charge in [-0.25, -0.2) is 4.79 Å². The average molecular weight is 371 g/mol. The maximum absolute atomic E-state index is 13.2. The SMILES string of the molecule is Cn1c(Nc2ccccc2)c(C2C=CC=Cc3ccccc32)c(=O)n(C)c1=O. The van der Waals surface area contributed by atoms with E-state index < -0.39 is 0 Å². The summed E-state index contributed by atoms with van der Waals surface area (Å²) in [6.45, 7) is 0. The van der Waals surface area contributed by atoms with Gasteiger partial charge in [-0.2, -0.15) is 0 Å². The van der Waals surface area contributed by atoms with Crippen LogP contribution >= 0.6 is 0 Å². The average Bonchev–Trinajstić information content (AvgIpc) is 2.94. The van der Waals surface area contributed by atoms with Gasteiger partial charge in [0.2, 0.25) is 0 Å². The van der Waals surface area contributed by atoms with Gasteiger partial charge in [0.15, 0.2) is 0 Å². The van der Waals surface area contributed by atoms with Crippen molar-refractivity contribution < 1.29 is 0 Å². The van der Waals surface area contributed by atoms with Gasteiger partial charge in [-0.1, -0.05) is 66.8 Å². The maximum atomic E-state index is 13.2. The van der Waals surface area contributed by atoms with E-state index in [2.05, 4.69) is 5.32 Å². The summed E-state index contributed by atoms with van der Waals surface area (Å²) in [4.78, 5) is 25.8. The van der Waals surface area contributed by atoms with Crippen LogP contribution in [0.4, 0.5) is 11.5 Å². The number of hydrogen-bond acceptors (Lipinski definition) is 3. The van der Waals surface area contributed by atoms with Gasteiger partial charge in [0, 0.05) is 25.7 Å². The van der Waals surface area contributed by atoms with Crippen molar-refractivity contribution >= 4 is 17.6 Å². The zero-order chi connectivity index (χ0) is 19.7. The van der Waals surface area contributed by atoms with Crippen LogP contribution in [0.15, 0.2) is 82.4 Å². The fraction of sp³-hybridized carbons (Fsp3) is 0.130. The van der Waals surface area contributed by atoms with E-state index in [1.54, 1.807) is 7.05 Å². The van der Waals surface area contributed by atoms with E-state index in [1.807, 2.05) is 78.9 Å². The third-order valence-electron chi connectivity index (χ3n) is 5.07. The summed E-state index contributed by atoms with van der Waals surface area (Å²) in [6.07, 6.45) is 7.94. The molecule has 1 unspecified atom stereocenters. The molecule has 28 heavy (non-hydrogen) atoms. The Bertz CT molecular complexity index is 1200. The Hall–Kier alpha value is -3.60. The summed E-state index contributed by atoms with van der Waals surface area (Å²) < 4.78 is 2.67. The van der Waals surface area contributed by atoms with Crippen molar-refractivity contribution in [3.63, 3.8) is 0 Å². The van der Waals surface area contributed by atoms with E-state index in [0.717, 1.165) is 16.8 Å². The quantitative estimate of drug-likeness (QED) is 0.766. The van der Waals surface area contributed by atoms with E-state index in [-0.39, 0.29) is 17.2 Å². The lowest BCUT2D eigenvalue weighted by molar-refractivity contribution is 0.673. The number of rotatable bonds is 3. The molecule has 1 heterocycles. The van der Waals surface area contributed by atoms with Gasteiger partial charge in [0.1, 0.15) is 5.82 Å². The van der Waals surface area contributed by atoms with E-state index in [1.165, 1.54) is 16.2 Å². The molecule has 0 saturated heterocycles. The molecule has 1 atom stereocenters. The van der Waals surface area contributed by atoms with Gasteiger partial charge < -0.3 is 5.32 Å². The largest absolute Gasteiger partial charge is 0.341 e. The van der Waals surface area contributed by atoms with Crippen molar-refractivity contribution in [2.24, 2.45) is 14.1 Å². The molecule has 1 aliphatic rings. The third-order valence-corrected chi connectivity index (χ3v) is 5.07. The minimum atomic E-state index is -0.365. The number of allylic oxidation sites excluding steroid dienone is 3. The van der Waals surface area contributed by atoms with Gasteiger partial charge in [-0.05, 0) is 23.3 Å². The number of benzene rings is 2. The minimum Gasteiger partial charge on any atom is -0.341 e. The summed E-state index contributed by atoms with van der Waals surface area (Å²) in [5.41, 5.74) is 2.78. The maximum Gasteiger partial charge on any atom is 0.332 e. The molecule has 0 bridgehead atoms. The summed E-state index contributed by atoms with van der Waals surface area (Å²) in [7, 11) is 3.20. The normalized spacial score (nSPS) is 15.1. The molecule has 5 nitrogen and oxygen atoms in total. The Morgan fingerprint density at radius 3 is 2.36 bits per heavy atom. The Balaban J connectivity index is 1.99. The van der Waals surface area contributed by atoms with E-state index >= 15 is 0 Å². The van der Waals surface area contributed by atoms with Crippen LogP contribution in [0.25, 0.3) is 6.08 Å². The van der Waals surface area contributed by atoms with Crippen molar-refractivity contribution in [2.45, 2.75) is 5.92 Å². The number of para-hydroxylation sites is 1. The van der Waals surface area contributed by atoms with E-state index in [4.69, 9.17) is 0 Å². The third kappa shape index (κ3) is 3.01. The summed E-state index contributed by atoms with van der Waals surface area (Å²) >= 11 is 0. The zero-order valence-electron chi connectivity index (χ0n) is 15.8. The molecular weight excluding hydrogens is 350 g/mol. The van der Waals surface area contributed by atoms with Crippen molar-refractivity contribution in [2.75, 3.05) is 5.32 Å². The second-order valence-electron chi connectivity index (χ2n) is 6.81. The van der Waals surface area contributed by atoms with Crippen LogP contribution in [0.5, 0.6) is 0 Å². The molecule has 0 aliphatic heterocycles. The highest BCUT2D eigenvalue weighted by Gasteiger charge is 2.25. The molecule has 0 radical (unpaired) electrons. The lowest BCUT2D eigenvalue weighted by atomic mass is 9.89. The smallest absolute Gasteiger partial charge is 0.332 e. The topological polar surface area (TPSA) is 56.0 Å². The molecule has 1 aromatic heterocycles. The molecular formula is C23H21N3O2. The molecule has 1 aliphatic carbocycles. The molecule has 3 aromatic rings. The second kappa shape index (κ2) is 7.19. The molecule has 2 aromatic carbocycles. The molecule has 0 fully saturated rings. The first kappa shape index (κ1) is 17.8. The van der Waals surface area contributed by atoms with Gasteiger partial charge in [-0.3, -0.25) is 13.9 Å². The van der Waals surface area contributed by atoms with Crippen LogP contribution in [0, 0.1) is 0 Å². The van der Waals surface area contributed by atoms with E-state index in [9.17, 15) is 9.59 Å². The second-order valence-corrected chi connectivity index (χ2v) is 6.81. The highest BCUT2D eigenvalue weighted by Crippen LogP contribution is 2.33. The van der Waals surface area contributed by atoms with Crippen molar-refractivity contribution in [3.05, 3.63) is 110 Å². The van der Waals surface area contributed by atoms with Gasteiger partial charge >= 0.3 is 5.69 Å². The Morgan fingerprint density at radius 1 is 0.857 bits per heavy atom. The van der Waals surface area contributed by atoms with Crippen LogP contribution in [-0.4, -0.2) is 9.13 Å². The minimum absolute atomic E-state index is 0.275. The molecule has 140 valence electrons. The Morgan fingerprint density at radius 2 is 1.57 bits per heavy atom. The molecule has 5 heteroatoms. The molecule has 0 amide bonds. The Kier molecular flexibility index (Phi) is 4.57. The van der Waals surface area contributed by atoms with Crippen LogP contribution in [0.1, 0.15) is 22.6 Å². The van der Waals surface area contributed by atoms with E-state index in [0.29, 0.717) is 11.4 Å². The first-order chi connectivity index (χ1) is 13.6. The molecule has 4 rings (SSSR count). The lowest BCUT2D eigenvalue weighted by Crippen LogP contribution is -2.40. The standard InChI is InChI=1S/C23H21N3O2/c1-25-21(24-17-12-4-3-5-13-17)20(22(27)26(2)23(25)28)19-15-9-7-11-16-10-6-8-14-18(16)19/h3-15,19,24H,1-2H3. The molecule has 0 saturated carbocycles. The van der Waals surface area contributed by atoms with Crippen LogP contribution in [0.2, 0.25) is 0 Å². The highest BCUT2D eigenvalue weighted by molar-refractivity contribution is 5.66. The number of anilines is 2. The lowest BCUT2D eigenvalue weighted by Gasteiger charge is -2.22. The monoisotopic (exact) mass is 371 g/mol. The first-order valence-corrected chi connectivity index (χ1v) is 9.13. The molecule has 1 N–H and O–H groups in total. The van der Waals surface area contributed by atoms with Crippen LogP contribution in [-0.2, 0) is 14.1 Å². The summed E-state index contributed by atoms with van der Waals surface area (Å²) in [5.74, 6) is 0.230. The molecule has 0 spiro atoms. The van der Waals surface area contributed by atoms with Crippen LogP contribution < -0.4 is 16.6 Å². The first-order valence-electron chi connectivity index (χ1n) is 9.13. The fourth-order valence-corrected chi connectivity index (χ4v) is 3.60. The van der Waals surface area contributed by atoms with Gasteiger partial charge in [0.05, 0.1) is 5.56 Å². The number of fused-ring (bicyclic) bond motifs is 1. The Labute approximate surface area is 162 Å². The predicted octanol–water partition coefficient (Wildman–Crippen LogP) is 3.54. The van der Waals surface area contributed by atoms with Crippen LogP contribution in [0.3, 0.4) is 0 Å². The fourth-order valence-electron chi connectivity index (χ4n) is 3.60. The summed E-state index contributed by atoms with van der Waals surface area (Å²) in [5, 5.41) is 3.29. The summed E-state index contributed by atoms with van der Waals surface area (Å²) in [6, 6.07) is 17.6. The zero-order valence-corrected chi connectivity index (χ0v) is 15.8. The van der Waals surface area contributed by atoms with Crippen molar-refractivity contribution in [1.29, 1.82) is 0 Å². The predicted molar refractivity (Wildman–Crippen MR) is 113 cm³/mol. The number of nitrogens with zero attached hydrogens (tertiary/aromatic N) is 2. The van der Waals surface area contributed by atoms with Gasteiger partial charge in [0.25, 0.3) is 5.56 Å². The number of aromatic nitrogens is 2. The van der Waals surface area contributed by atoms with Crippen molar-refractivity contribution in [1.82, 2.24) is 9.13 Å². The van der Waals surface area contributed by atoms with Crippen molar-refractivity contribution in [3.8, 4) is 0 Å². The van der Waals surface area contributed by atoms with Gasteiger partial charge in [-0.15, -0.1) is 0 Å². The number of nitrogens with one attached hydrogen (secondary N) is 1.